The molecule has 1 aliphatic heterocycles. The van der Waals surface area contributed by atoms with E-state index >= 15 is 0 Å². The smallest absolute Gasteiger partial charge is 0.227 e. The highest BCUT2D eigenvalue weighted by Crippen LogP contribution is 2.28. The maximum absolute atomic E-state index is 12.0. The third kappa shape index (κ3) is 4.06. The van der Waals surface area contributed by atoms with Crippen LogP contribution < -0.4 is 10.2 Å². The number of rotatable bonds is 5. The summed E-state index contributed by atoms with van der Waals surface area (Å²) in [5.41, 5.74) is 2.25. The molecule has 1 saturated heterocycles. The first-order valence-corrected chi connectivity index (χ1v) is 9.84. The van der Waals surface area contributed by atoms with Gasteiger partial charge < -0.3 is 10.2 Å². The Balaban J connectivity index is 1.28. The van der Waals surface area contributed by atoms with Gasteiger partial charge in [0.2, 0.25) is 5.91 Å². The number of benzene rings is 1. The van der Waals surface area contributed by atoms with Crippen LogP contribution in [0.3, 0.4) is 0 Å². The standard InChI is InChI=1S/C22H27N3O/c26-22(19-7-4-8-19)24-20-9-10-21(23-16-20)25-13-11-18(12-14-25)15-17-5-2-1-3-6-17/h1-3,5-6,9-10,16,18-19H,4,7-8,11-15H2,(H,24,26). The number of aromatic nitrogens is 1. The fourth-order valence-corrected chi connectivity index (χ4v) is 3.88. The first-order valence-electron chi connectivity index (χ1n) is 9.84. The molecule has 26 heavy (non-hydrogen) atoms. The van der Waals surface area contributed by atoms with Crippen molar-refractivity contribution >= 4 is 17.4 Å². The molecule has 4 rings (SSSR count). The van der Waals surface area contributed by atoms with Crippen LogP contribution in [0.25, 0.3) is 0 Å². The fraction of sp³-hybridized carbons (Fsp3) is 0.455. The highest BCUT2D eigenvalue weighted by atomic mass is 16.1. The molecule has 1 aromatic heterocycles. The lowest BCUT2D eigenvalue weighted by atomic mass is 9.85. The van der Waals surface area contributed by atoms with Crippen molar-refractivity contribution in [3.05, 3.63) is 54.2 Å². The van der Waals surface area contributed by atoms with Crippen LogP contribution in [0.1, 0.15) is 37.7 Å². The lowest BCUT2D eigenvalue weighted by Gasteiger charge is -2.33. The van der Waals surface area contributed by atoms with Crippen LogP contribution in [0, 0.1) is 11.8 Å². The quantitative estimate of drug-likeness (QED) is 0.876. The molecule has 0 spiro atoms. The molecule has 0 atom stereocenters. The number of anilines is 2. The molecule has 1 aromatic carbocycles. The molecule has 1 aliphatic carbocycles. The molecule has 1 amide bonds. The first kappa shape index (κ1) is 17.1. The summed E-state index contributed by atoms with van der Waals surface area (Å²) in [6.07, 6.45) is 8.60. The molecule has 2 fully saturated rings. The molecule has 0 radical (unpaired) electrons. The van der Waals surface area contributed by atoms with Gasteiger partial charge in [-0.1, -0.05) is 36.8 Å². The predicted octanol–water partition coefficient (Wildman–Crippen LogP) is 4.28. The van der Waals surface area contributed by atoms with Gasteiger partial charge >= 0.3 is 0 Å². The van der Waals surface area contributed by atoms with Crippen LogP contribution in [-0.4, -0.2) is 24.0 Å². The number of carbonyl (C=O) groups excluding carboxylic acids is 1. The fourth-order valence-electron chi connectivity index (χ4n) is 3.88. The van der Waals surface area contributed by atoms with Gasteiger partial charge in [-0.05, 0) is 55.7 Å². The van der Waals surface area contributed by atoms with Gasteiger partial charge in [-0.25, -0.2) is 4.98 Å². The summed E-state index contributed by atoms with van der Waals surface area (Å²) in [5.74, 6) is 2.13. The Morgan fingerprint density at radius 2 is 1.81 bits per heavy atom. The molecular weight excluding hydrogens is 322 g/mol. The minimum Gasteiger partial charge on any atom is -0.357 e. The number of nitrogens with zero attached hydrogens (tertiary/aromatic N) is 2. The number of hydrogen-bond acceptors (Lipinski definition) is 3. The SMILES string of the molecule is O=C(Nc1ccc(N2CCC(Cc3ccccc3)CC2)nc1)C1CCC1. The van der Waals surface area contributed by atoms with Crippen LogP contribution in [0.5, 0.6) is 0 Å². The summed E-state index contributed by atoms with van der Waals surface area (Å²) in [4.78, 5) is 19.0. The Bertz CT molecular complexity index is 717. The molecule has 2 aromatic rings. The monoisotopic (exact) mass is 349 g/mol. The van der Waals surface area contributed by atoms with E-state index < -0.39 is 0 Å². The van der Waals surface area contributed by atoms with E-state index in [0.29, 0.717) is 0 Å². The van der Waals surface area contributed by atoms with E-state index in [1.54, 1.807) is 6.20 Å². The Morgan fingerprint density at radius 1 is 1.04 bits per heavy atom. The van der Waals surface area contributed by atoms with Gasteiger partial charge in [-0.15, -0.1) is 0 Å². The summed E-state index contributed by atoms with van der Waals surface area (Å²) in [5, 5.41) is 2.99. The second-order valence-corrected chi connectivity index (χ2v) is 7.64. The first-order chi connectivity index (χ1) is 12.8. The van der Waals surface area contributed by atoms with Gasteiger partial charge in [-0.2, -0.15) is 0 Å². The van der Waals surface area contributed by atoms with Gasteiger partial charge in [0.1, 0.15) is 5.82 Å². The van der Waals surface area contributed by atoms with E-state index in [4.69, 9.17) is 0 Å². The second kappa shape index (κ2) is 7.90. The number of hydrogen-bond donors (Lipinski definition) is 1. The predicted molar refractivity (Wildman–Crippen MR) is 105 cm³/mol. The van der Waals surface area contributed by atoms with Crippen molar-refractivity contribution in [1.82, 2.24) is 4.98 Å². The van der Waals surface area contributed by atoms with E-state index in [9.17, 15) is 4.79 Å². The van der Waals surface area contributed by atoms with Crippen LogP contribution in [0.2, 0.25) is 0 Å². The van der Waals surface area contributed by atoms with Gasteiger partial charge in [0.25, 0.3) is 0 Å². The zero-order valence-corrected chi connectivity index (χ0v) is 15.2. The zero-order valence-electron chi connectivity index (χ0n) is 15.2. The van der Waals surface area contributed by atoms with E-state index in [-0.39, 0.29) is 11.8 Å². The topological polar surface area (TPSA) is 45.2 Å². The number of amides is 1. The molecule has 0 unspecified atom stereocenters. The lowest BCUT2D eigenvalue weighted by Crippen LogP contribution is -2.34. The van der Waals surface area contributed by atoms with E-state index in [2.05, 4.69) is 45.5 Å². The van der Waals surface area contributed by atoms with E-state index in [1.165, 1.54) is 31.2 Å². The van der Waals surface area contributed by atoms with Gasteiger partial charge in [0.15, 0.2) is 0 Å². The van der Waals surface area contributed by atoms with Crippen molar-refractivity contribution < 1.29 is 4.79 Å². The van der Waals surface area contributed by atoms with Crippen molar-refractivity contribution in [2.24, 2.45) is 11.8 Å². The molecule has 1 saturated carbocycles. The van der Waals surface area contributed by atoms with Crippen molar-refractivity contribution in [2.45, 2.75) is 38.5 Å². The van der Waals surface area contributed by atoms with Gasteiger partial charge in [0.05, 0.1) is 11.9 Å². The number of pyridine rings is 1. The zero-order chi connectivity index (χ0) is 17.8. The normalized spacial score (nSPS) is 18.4. The van der Waals surface area contributed by atoms with Crippen LogP contribution in [0.4, 0.5) is 11.5 Å². The third-order valence-electron chi connectivity index (χ3n) is 5.80. The average Bonchev–Trinajstić information content (AvgIpc) is 2.62. The number of piperidine rings is 1. The minimum atomic E-state index is 0.146. The largest absolute Gasteiger partial charge is 0.357 e. The molecule has 136 valence electrons. The van der Waals surface area contributed by atoms with Gasteiger partial charge in [-0.3, -0.25) is 4.79 Å². The van der Waals surface area contributed by atoms with Crippen LogP contribution in [-0.2, 0) is 11.2 Å². The van der Waals surface area contributed by atoms with Crippen molar-refractivity contribution in [2.75, 3.05) is 23.3 Å². The summed E-state index contributed by atoms with van der Waals surface area (Å²) >= 11 is 0. The summed E-state index contributed by atoms with van der Waals surface area (Å²) in [6, 6.07) is 14.8. The van der Waals surface area contributed by atoms with Crippen molar-refractivity contribution in [3.8, 4) is 0 Å². The maximum Gasteiger partial charge on any atom is 0.227 e. The van der Waals surface area contributed by atoms with Crippen LogP contribution >= 0.6 is 0 Å². The summed E-state index contributed by atoms with van der Waals surface area (Å²) in [7, 11) is 0. The molecule has 0 bridgehead atoms. The van der Waals surface area contributed by atoms with Crippen molar-refractivity contribution in [1.29, 1.82) is 0 Å². The van der Waals surface area contributed by atoms with Gasteiger partial charge in [0, 0.05) is 19.0 Å². The number of carbonyl (C=O) groups is 1. The maximum atomic E-state index is 12.0. The average molecular weight is 349 g/mol. The Morgan fingerprint density at radius 3 is 2.42 bits per heavy atom. The van der Waals surface area contributed by atoms with Crippen LogP contribution in [0.15, 0.2) is 48.7 Å². The molecule has 1 N–H and O–H groups in total. The molecule has 2 heterocycles. The third-order valence-corrected chi connectivity index (χ3v) is 5.80. The van der Waals surface area contributed by atoms with Crippen molar-refractivity contribution in [3.63, 3.8) is 0 Å². The summed E-state index contributed by atoms with van der Waals surface area (Å²) < 4.78 is 0. The Hall–Kier alpha value is -2.36. The highest BCUT2D eigenvalue weighted by Gasteiger charge is 2.25. The van der Waals surface area contributed by atoms with E-state index in [0.717, 1.165) is 43.4 Å². The highest BCUT2D eigenvalue weighted by molar-refractivity contribution is 5.92. The second-order valence-electron chi connectivity index (χ2n) is 7.64. The Labute approximate surface area is 155 Å². The molecule has 4 heteroatoms. The molecule has 4 nitrogen and oxygen atoms in total. The summed E-state index contributed by atoms with van der Waals surface area (Å²) in [6.45, 7) is 2.11. The minimum absolute atomic E-state index is 0.146. The molecular formula is C22H27N3O. The number of nitrogens with one attached hydrogen (secondary N) is 1. The molecule has 2 aliphatic rings. The lowest BCUT2D eigenvalue weighted by molar-refractivity contribution is -0.122. The van der Waals surface area contributed by atoms with E-state index in [1.807, 2.05) is 12.1 Å². The Kier molecular flexibility index (Phi) is 5.19.